The molecule has 2 rings (SSSR count). The van der Waals surface area contributed by atoms with Crippen molar-refractivity contribution >= 4 is 17.7 Å². The molecular weight excluding hydrogens is 264 g/mol. The molecule has 0 saturated carbocycles. The molecule has 1 aromatic heterocycles. The number of carboxylic acid groups (broad SMARTS) is 1. The smallest absolute Gasteiger partial charge is 0.326 e. The Morgan fingerprint density at radius 3 is 2.85 bits per heavy atom. The number of β-amino-alcohol motifs (C(OH)–C–C–N with tert-alkyl or cyclic N) is 1. The first-order valence-corrected chi connectivity index (χ1v) is 6.43. The van der Waals surface area contributed by atoms with Gasteiger partial charge < -0.3 is 20.4 Å². The van der Waals surface area contributed by atoms with E-state index < -0.39 is 24.1 Å². The number of nitrogens with one attached hydrogen (secondary N) is 1. The fraction of sp³-hybridized carbons (Fsp3) is 0.583. The molecule has 3 N–H and O–H groups in total. The number of anilines is 1. The molecular formula is C12H18N4O4. The van der Waals surface area contributed by atoms with E-state index in [0.29, 0.717) is 12.1 Å². The average Bonchev–Trinajstić information content (AvgIpc) is 2.92. The molecule has 0 aliphatic carbocycles. The fourth-order valence-electron chi connectivity index (χ4n) is 2.36. The van der Waals surface area contributed by atoms with Gasteiger partial charge in [-0.2, -0.15) is 5.10 Å². The van der Waals surface area contributed by atoms with Crippen LogP contribution in [0, 0.1) is 0 Å². The summed E-state index contributed by atoms with van der Waals surface area (Å²) in [6.07, 6.45) is 1.57. The standard InChI is InChI=1S/C12H18N4O4/c1-3-8-9(6-15(2)14-8)13-12(20)16-5-7(17)4-10(16)11(18)19/h6-7,10,17H,3-5H2,1-2H3,(H,13,20)(H,18,19). The second-order valence-electron chi connectivity index (χ2n) is 4.84. The molecule has 0 aromatic carbocycles. The topological polar surface area (TPSA) is 108 Å². The first-order valence-electron chi connectivity index (χ1n) is 6.43. The third-order valence-corrected chi connectivity index (χ3v) is 3.31. The third kappa shape index (κ3) is 2.74. The zero-order valence-corrected chi connectivity index (χ0v) is 11.4. The van der Waals surface area contributed by atoms with Crippen LogP contribution in [0.1, 0.15) is 19.0 Å². The maximum atomic E-state index is 12.2. The number of aliphatic hydroxyl groups excluding tert-OH is 1. The van der Waals surface area contributed by atoms with E-state index in [4.69, 9.17) is 5.11 Å². The summed E-state index contributed by atoms with van der Waals surface area (Å²) >= 11 is 0. The molecule has 2 unspecified atom stereocenters. The summed E-state index contributed by atoms with van der Waals surface area (Å²) in [5, 5.41) is 25.5. The predicted octanol–water partition coefficient (Wildman–Crippen LogP) is 0.0342. The molecule has 0 spiro atoms. The molecule has 8 nitrogen and oxygen atoms in total. The van der Waals surface area contributed by atoms with Gasteiger partial charge in [-0.15, -0.1) is 0 Å². The predicted molar refractivity (Wildman–Crippen MR) is 70.4 cm³/mol. The van der Waals surface area contributed by atoms with Crippen LogP contribution < -0.4 is 5.32 Å². The van der Waals surface area contributed by atoms with Crippen LogP contribution in [0.2, 0.25) is 0 Å². The van der Waals surface area contributed by atoms with Gasteiger partial charge in [0.15, 0.2) is 0 Å². The van der Waals surface area contributed by atoms with Gasteiger partial charge in [-0.05, 0) is 6.42 Å². The number of likely N-dealkylation sites (tertiary alicyclic amines) is 1. The number of aromatic nitrogens is 2. The zero-order valence-electron chi connectivity index (χ0n) is 11.4. The molecule has 8 heteroatoms. The Bertz CT molecular complexity index is 528. The molecule has 1 aliphatic rings. The van der Waals surface area contributed by atoms with Gasteiger partial charge in [0.05, 0.1) is 17.5 Å². The van der Waals surface area contributed by atoms with E-state index in [9.17, 15) is 14.7 Å². The highest BCUT2D eigenvalue weighted by Gasteiger charge is 2.39. The van der Waals surface area contributed by atoms with Gasteiger partial charge in [-0.1, -0.05) is 6.92 Å². The summed E-state index contributed by atoms with van der Waals surface area (Å²) in [6.45, 7) is 1.93. The van der Waals surface area contributed by atoms with Crippen LogP contribution in [0.3, 0.4) is 0 Å². The number of hydrogen-bond donors (Lipinski definition) is 3. The molecule has 20 heavy (non-hydrogen) atoms. The van der Waals surface area contributed by atoms with Crippen molar-refractivity contribution in [1.82, 2.24) is 14.7 Å². The minimum Gasteiger partial charge on any atom is -0.480 e. The molecule has 1 aromatic rings. The lowest BCUT2D eigenvalue weighted by Crippen LogP contribution is -2.43. The summed E-state index contributed by atoms with van der Waals surface area (Å²) in [5.41, 5.74) is 1.29. The van der Waals surface area contributed by atoms with Crippen molar-refractivity contribution in [2.45, 2.75) is 31.9 Å². The molecule has 2 heterocycles. The summed E-state index contributed by atoms with van der Waals surface area (Å²) < 4.78 is 1.59. The Kier molecular flexibility index (Phi) is 3.93. The first-order chi connectivity index (χ1) is 9.42. The maximum absolute atomic E-state index is 12.2. The van der Waals surface area contributed by atoms with Crippen molar-refractivity contribution in [2.75, 3.05) is 11.9 Å². The van der Waals surface area contributed by atoms with E-state index in [1.165, 1.54) is 0 Å². The summed E-state index contributed by atoms with van der Waals surface area (Å²) in [5.74, 6) is -1.11. The Labute approximate surface area is 116 Å². The quantitative estimate of drug-likeness (QED) is 0.725. The first kappa shape index (κ1) is 14.3. The van der Waals surface area contributed by atoms with E-state index in [1.54, 1.807) is 17.9 Å². The number of aliphatic hydroxyl groups is 1. The molecule has 2 amide bonds. The van der Waals surface area contributed by atoms with Crippen LogP contribution in [0.5, 0.6) is 0 Å². The number of hydrogen-bond acceptors (Lipinski definition) is 4. The molecule has 2 atom stereocenters. The van der Waals surface area contributed by atoms with Crippen molar-refractivity contribution in [3.05, 3.63) is 11.9 Å². The number of aliphatic carboxylic acids is 1. The van der Waals surface area contributed by atoms with E-state index in [-0.39, 0.29) is 13.0 Å². The van der Waals surface area contributed by atoms with Crippen molar-refractivity contribution in [2.24, 2.45) is 7.05 Å². The van der Waals surface area contributed by atoms with E-state index in [2.05, 4.69) is 10.4 Å². The van der Waals surface area contributed by atoms with Crippen LogP contribution in [-0.2, 0) is 18.3 Å². The Morgan fingerprint density at radius 2 is 2.25 bits per heavy atom. The van der Waals surface area contributed by atoms with E-state index >= 15 is 0 Å². The number of aryl methyl sites for hydroxylation is 2. The molecule has 1 aliphatic heterocycles. The number of carbonyl (C=O) groups excluding carboxylic acids is 1. The van der Waals surface area contributed by atoms with Gasteiger partial charge in [-0.25, -0.2) is 9.59 Å². The van der Waals surface area contributed by atoms with Gasteiger partial charge in [0.2, 0.25) is 0 Å². The van der Waals surface area contributed by atoms with Crippen molar-refractivity contribution in [3.63, 3.8) is 0 Å². The summed E-state index contributed by atoms with van der Waals surface area (Å²) in [6, 6.07) is -1.52. The number of rotatable bonds is 3. The van der Waals surface area contributed by atoms with Gasteiger partial charge in [-0.3, -0.25) is 4.68 Å². The Balaban J connectivity index is 2.13. The number of carbonyl (C=O) groups is 2. The van der Waals surface area contributed by atoms with Crippen LogP contribution in [0.25, 0.3) is 0 Å². The highest BCUT2D eigenvalue weighted by Crippen LogP contribution is 2.21. The van der Waals surface area contributed by atoms with E-state index in [0.717, 1.165) is 10.6 Å². The SMILES string of the molecule is CCc1nn(C)cc1NC(=O)N1CC(O)CC1C(=O)O. The lowest BCUT2D eigenvalue weighted by Gasteiger charge is -2.21. The lowest BCUT2D eigenvalue weighted by molar-refractivity contribution is -0.141. The van der Waals surface area contributed by atoms with Crippen LogP contribution in [0.15, 0.2) is 6.20 Å². The monoisotopic (exact) mass is 282 g/mol. The molecule has 110 valence electrons. The van der Waals surface area contributed by atoms with Gasteiger partial charge in [0.25, 0.3) is 0 Å². The average molecular weight is 282 g/mol. The molecule has 0 radical (unpaired) electrons. The Hall–Kier alpha value is -2.09. The second-order valence-corrected chi connectivity index (χ2v) is 4.84. The zero-order chi connectivity index (χ0) is 14.9. The molecule has 0 bridgehead atoms. The highest BCUT2D eigenvalue weighted by molar-refractivity contribution is 5.93. The summed E-state index contributed by atoms with van der Waals surface area (Å²) in [7, 11) is 1.74. The largest absolute Gasteiger partial charge is 0.480 e. The van der Waals surface area contributed by atoms with Crippen molar-refractivity contribution in [3.8, 4) is 0 Å². The van der Waals surface area contributed by atoms with Crippen LogP contribution in [-0.4, -0.2) is 55.6 Å². The number of carboxylic acids is 1. The molecule has 1 saturated heterocycles. The van der Waals surface area contributed by atoms with Gasteiger partial charge >= 0.3 is 12.0 Å². The minimum atomic E-state index is -1.11. The Morgan fingerprint density at radius 1 is 1.55 bits per heavy atom. The van der Waals surface area contributed by atoms with Gasteiger partial charge in [0, 0.05) is 26.2 Å². The van der Waals surface area contributed by atoms with Crippen LogP contribution in [0.4, 0.5) is 10.5 Å². The second kappa shape index (κ2) is 5.49. The number of nitrogens with zero attached hydrogens (tertiary/aromatic N) is 3. The third-order valence-electron chi connectivity index (χ3n) is 3.31. The number of amides is 2. The fourth-order valence-corrected chi connectivity index (χ4v) is 2.36. The lowest BCUT2D eigenvalue weighted by atomic mass is 10.2. The minimum absolute atomic E-state index is 0.0184. The van der Waals surface area contributed by atoms with Gasteiger partial charge in [0.1, 0.15) is 6.04 Å². The normalized spacial score (nSPS) is 22.1. The van der Waals surface area contributed by atoms with Crippen molar-refractivity contribution in [1.29, 1.82) is 0 Å². The maximum Gasteiger partial charge on any atom is 0.326 e. The highest BCUT2D eigenvalue weighted by atomic mass is 16.4. The van der Waals surface area contributed by atoms with Crippen molar-refractivity contribution < 1.29 is 19.8 Å². The van der Waals surface area contributed by atoms with Crippen LogP contribution >= 0.6 is 0 Å². The van der Waals surface area contributed by atoms with E-state index in [1.807, 2.05) is 6.92 Å². The molecule has 1 fully saturated rings. The summed E-state index contributed by atoms with van der Waals surface area (Å²) in [4.78, 5) is 24.4. The number of urea groups is 1.